The normalized spacial score (nSPS) is 16.9. The standard InChI is InChI=1S/C38H44Cl2N12O5/c1-38(10-13-50(14-11-38)30-22-43-34(35(41)46-30)26-5-3-6-27(39)33(26)40)44-21-25-23-51(49-48-25)15-17-57-19-18-56-16-12-42-28-7-2-4-24-20-45-52(37(55)32(24)28)29-8-9-31(53)47-36(29)54/h2-7,20,22-23,29,42,44H,8-19,21H2,1H3,(H2,41,46)(H,47,53,54). The first-order chi connectivity index (χ1) is 27.6. The topological polar surface area (TPSA) is 209 Å². The molecule has 0 saturated carbocycles. The largest absolute Gasteiger partial charge is 0.382 e. The Morgan fingerprint density at radius 2 is 1.81 bits per heavy atom. The van der Waals surface area contributed by atoms with Crippen molar-refractivity contribution in [3.63, 3.8) is 0 Å². The number of anilines is 3. The Labute approximate surface area is 338 Å². The molecule has 1 atom stereocenters. The summed E-state index contributed by atoms with van der Waals surface area (Å²) in [5.74, 6) is 0.153. The molecule has 2 aromatic carbocycles. The van der Waals surface area contributed by atoms with E-state index >= 15 is 0 Å². The van der Waals surface area contributed by atoms with Crippen molar-refractivity contribution in [3.05, 3.63) is 81.1 Å². The highest BCUT2D eigenvalue weighted by molar-refractivity contribution is 6.43. The molecule has 7 rings (SSSR count). The van der Waals surface area contributed by atoms with E-state index in [1.54, 1.807) is 41.3 Å². The molecule has 0 spiro atoms. The molecule has 2 fully saturated rings. The number of aromatic nitrogens is 7. The fourth-order valence-corrected chi connectivity index (χ4v) is 7.30. The van der Waals surface area contributed by atoms with Crippen molar-refractivity contribution in [3.8, 4) is 11.3 Å². The number of nitrogen functional groups attached to an aromatic ring is 1. The number of nitrogens with two attached hydrogens (primary N) is 1. The number of nitrogens with zero attached hydrogens (tertiary/aromatic N) is 8. The molecular formula is C38H44Cl2N12O5. The van der Waals surface area contributed by atoms with Gasteiger partial charge in [-0.2, -0.15) is 5.10 Å². The van der Waals surface area contributed by atoms with Crippen molar-refractivity contribution in [2.24, 2.45) is 0 Å². The van der Waals surface area contributed by atoms with E-state index in [9.17, 15) is 14.4 Å². The second-order valence-electron chi connectivity index (χ2n) is 14.2. The zero-order chi connectivity index (χ0) is 39.9. The third-order valence-corrected chi connectivity index (χ3v) is 11.0. The fourth-order valence-electron chi connectivity index (χ4n) is 6.91. The van der Waals surface area contributed by atoms with Gasteiger partial charge in [-0.1, -0.05) is 52.7 Å². The summed E-state index contributed by atoms with van der Waals surface area (Å²) in [4.78, 5) is 48.7. The Hall–Kier alpha value is -5.20. The van der Waals surface area contributed by atoms with Crippen LogP contribution in [0.15, 0.2) is 59.8 Å². The van der Waals surface area contributed by atoms with E-state index in [-0.39, 0.29) is 24.3 Å². The van der Waals surface area contributed by atoms with Gasteiger partial charge < -0.3 is 30.7 Å². The van der Waals surface area contributed by atoms with Gasteiger partial charge in [-0.3, -0.25) is 19.7 Å². The first kappa shape index (κ1) is 40.0. The molecule has 2 aliphatic heterocycles. The SMILES string of the molecule is CC1(NCc2cn(CCOCCOCCNc3cccc4cnn(C5CCC(=O)NC5=O)c(=O)c34)nn2)CCN(c2cnc(-c3cccc(Cl)c3Cl)c(N)n2)CC1. The van der Waals surface area contributed by atoms with Crippen molar-refractivity contribution < 1.29 is 19.1 Å². The van der Waals surface area contributed by atoms with Crippen LogP contribution in [0.3, 0.4) is 0 Å². The van der Waals surface area contributed by atoms with Crippen LogP contribution >= 0.6 is 23.2 Å². The van der Waals surface area contributed by atoms with Crippen molar-refractivity contribution >= 4 is 63.1 Å². The Morgan fingerprint density at radius 1 is 1.02 bits per heavy atom. The van der Waals surface area contributed by atoms with Gasteiger partial charge in [0.25, 0.3) is 11.5 Å². The Kier molecular flexibility index (Phi) is 12.6. The van der Waals surface area contributed by atoms with Gasteiger partial charge in [0.2, 0.25) is 5.91 Å². The smallest absolute Gasteiger partial charge is 0.277 e. The third-order valence-electron chi connectivity index (χ3n) is 10.2. The maximum atomic E-state index is 13.4. The number of nitrogens with one attached hydrogen (secondary N) is 3. The number of halogens is 2. The van der Waals surface area contributed by atoms with Gasteiger partial charge in [-0.25, -0.2) is 19.3 Å². The molecule has 2 saturated heterocycles. The summed E-state index contributed by atoms with van der Waals surface area (Å²) in [7, 11) is 0. The molecule has 19 heteroatoms. The Bertz CT molecular complexity index is 2290. The van der Waals surface area contributed by atoms with E-state index in [4.69, 9.17) is 38.4 Å². The summed E-state index contributed by atoms with van der Waals surface area (Å²) >= 11 is 12.6. The molecule has 5 N–H and O–H groups in total. The average Bonchev–Trinajstić information content (AvgIpc) is 3.66. The Balaban J connectivity index is 0.784. The summed E-state index contributed by atoms with van der Waals surface area (Å²) in [6.45, 7) is 7.04. The number of piperidine rings is 2. The molecule has 17 nitrogen and oxygen atoms in total. The van der Waals surface area contributed by atoms with E-state index in [2.05, 4.69) is 53.2 Å². The highest BCUT2D eigenvalue weighted by Gasteiger charge is 2.32. The van der Waals surface area contributed by atoms with Crippen molar-refractivity contribution in [1.82, 2.24) is 45.4 Å². The van der Waals surface area contributed by atoms with Gasteiger partial charge >= 0.3 is 0 Å². The highest BCUT2D eigenvalue weighted by atomic mass is 35.5. The van der Waals surface area contributed by atoms with E-state index in [1.165, 1.54) is 0 Å². The van der Waals surface area contributed by atoms with Crippen molar-refractivity contribution in [2.75, 3.05) is 62.0 Å². The molecule has 3 aromatic heterocycles. The number of amides is 2. The number of carbonyl (C=O) groups excluding carboxylic acids is 2. The Morgan fingerprint density at radius 3 is 2.60 bits per heavy atom. The van der Waals surface area contributed by atoms with Crippen LogP contribution < -0.4 is 32.1 Å². The molecule has 0 radical (unpaired) electrons. The zero-order valence-electron chi connectivity index (χ0n) is 31.4. The van der Waals surface area contributed by atoms with E-state index < -0.39 is 17.5 Å². The van der Waals surface area contributed by atoms with Crippen LogP contribution in [0.1, 0.15) is 44.3 Å². The molecular weight excluding hydrogens is 775 g/mol. The first-order valence-electron chi connectivity index (χ1n) is 18.8. The predicted octanol–water partition coefficient (Wildman–Crippen LogP) is 3.61. The van der Waals surface area contributed by atoms with Crippen LogP contribution in [0.4, 0.5) is 17.3 Å². The minimum atomic E-state index is -0.832. The number of hydrogen-bond donors (Lipinski definition) is 4. The second-order valence-corrected chi connectivity index (χ2v) is 15.0. The lowest BCUT2D eigenvalue weighted by Crippen LogP contribution is -2.51. The minimum Gasteiger partial charge on any atom is -0.382 e. The molecule has 0 bridgehead atoms. The predicted molar refractivity (Wildman–Crippen MR) is 216 cm³/mol. The maximum Gasteiger partial charge on any atom is 0.277 e. The second kappa shape index (κ2) is 17.9. The van der Waals surface area contributed by atoms with Crippen molar-refractivity contribution in [2.45, 2.75) is 57.3 Å². The number of imide groups is 1. The van der Waals surface area contributed by atoms with Gasteiger partial charge in [0, 0.05) is 61.0 Å². The average molecular weight is 820 g/mol. The summed E-state index contributed by atoms with van der Waals surface area (Å²) in [6.07, 6.45) is 7.37. The summed E-state index contributed by atoms with van der Waals surface area (Å²) in [5, 5.41) is 23.9. The number of benzene rings is 2. The van der Waals surface area contributed by atoms with Gasteiger partial charge in [-0.05, 0) is 38.3 Å². The lowest BCUT2D eigenvalue weighted by Gasteiger charge is -2.40. The van der Waals surface area contributed by atoms with Crippen LogP contribution in [0, 0.1) is 0 Å². The summed E-state index contributed by atoms with van der Waals surface area (Å²) in [6, 6.07) is 9.93. The van der Waals surface area contributed by atoms with Crippen LogP contribution in [0.25, 0.3) is 22.0 Å². The van der Waals surface area contributed by atoms with Gasteiger partial charge in [0.1, 0.15) is 17.6 Å². The molecule has 2 amide bonds. The molecule has 5 aromatic rings. The number of fused-ring (bicyclic) bond motifs is 1. The molecule has 1 unspecified atom stereocenters. The number of rotatable bonds is 16. The molecule has 2 aliphatic rings. The van der Waals surface area contributed by atoms with E-state index in [0.29, 0.717) is 89.6 Å². The maximum absolute atomic E-state index is 13.4. The molecule has 0 aliphatic carbocycles. The summed E-state index contributed by atoms with van der Waals surface area (Å²) < 4.78 is 14.4. The number of hydrogen-bond acceptors (Lipinski definition) is 14. The van der Waals surface area contributed by atoms with Crippen LogP contribution in [0.2, 0.25) is 10.0 Å². The lowest BCUT2D eigenvalue weighted by molar-refractivity contribution is -0.136. The zero-order valence-corrected chi connectivity index (χ0v) is 32.9. The lowest BCUT2D eigenvalue weighted by atomic mass is 9.89. The first-order valence-corrected chi connectivity index (χ1v) is 19.5. The fraction of sp³-hybridized carbons (Fsp3) is 0.421. The number of ether oxygens (including phenoxy) is 2. The van der Waals surface area contributed by atoms with Gasteiger partial charge in [-0.15, -0.1) is 5.10 Å². The number of carbonyl (C=O) groups is 2. The monoisotopic (exact) mass is 818 g/mol. The van der Waals surface area contributed by atoms with Crippen LogP contribution in [0.5, 0.6) is 0 Å². The van der Waals surface area contributed by atoms with E-state index in [1.807, 2.05) is 18.3 Å². The third kappa shape index (κ3) is 9.51. The quantitative estimate of drug-likeness (QED) is 0.0829. The molecule has 300 valence electrons. The van der Waals surface area contributed by atoms with Crippen LogP contribution in [-0.4, -0.2) is 98.2 Å². The minimum absolute atomic E-state index is 0.0855. The van der Waals surface area contributed by atoms with Gasteiger partial charge in [0.05, 0.1) is 66.5 Å². The van der Waals surface area contributed by atoms with E-state index in [0.717, 1.165) is 42.1 Å². The van der Waals surface area contributed by atoms with Gasteiger partial charge in [0.15, 0.2) is 5.82 Å². The van der Waals surface area contributed by atoms with Crippen LogP contribution in [-0.2, 0) is 32.2 Å². The molecule has 57 heavy (non-hydrogen) atoms. The highest BCUT2D eigenvalue weighted by Crippen LogP contribution is 2.35. The van der Waals surface area contributed by atoms with Crippen molar-refractivity contribution in [1.29, 1.82) is 0 Å². The summed E-state index contributed by atoms with van der Waals surface area (Å²) in [5.41, 5.74) is 8.44. The molecule has 5 heterocycles.